The third-order valence-electron chi connectivity index (χ3n) is 4.96. The van der Waals surface area contributed by atoms with Crippen molar-refractivity contribution in [2.45, 2.75) is 19.5 Å². The second-order valence-electron chi connectivity index (χ2n) is 6.93. The monoisotopic (exact) mass is 385 g/mol. The van der Waals surface area contributed by atoms with E-state index >= 15 is 0 Å². The van der Waals surface area contributed by atoms with E-state index in [1.807, 2.05) is 25.1 Å². The Morgan fingerprint density at radius 1 is 1.00 bits per heavy atom. The van der Waals surface area contributed by atoms with Crippen molar-refractivity contribution < 1.29 is 14.7 Å². The molecule has 1 amide bonds. The Hall–Kier alpha value is -3.80. The molecule has 4 rings (SSSR count). The summed E-state index contributed by atoms with van der Waals surface area (Å²) < 4.78 is 0. The van der Waals surface area contributed by atoms with Crippen LogP contribution in [0.3, 0.4) is 0 Å². The van der Waals surface area contributed by atoms with Gasteiger partial charge in [-0.15, -0.1) is 0 Å². The molecule has 0 radical (unpaired) electrons. The normalized spacial score (nSPS) is 18.2. The number of rotatable bonds is 4. The van der Waals surface area contributed by atoms with Crippen LogP contribution in [0.5, 0.6) is 0 Å². The molecule has 0 bridgehead atoms. The second kappa shape index (κ2) is 7.67. The summed E-state index contributed by atoms with van der Waals surface area (Å²) in [5.74, 6) is -1.53. The molecule has 3 heterocycles. The lowest BCUT2D eigenvalue weighted by Crippen LogP contribution is -2.29. The van der Waals surface area contributed by atoms with Crippen molar-refractivity contribution in [1.82, 2.24) is 14.9 Å². The third kappa shape index (κ3) is 3.52. The zero-order valence-corrected chi connectivity index (χ0v) is 15.8. The highest BCUT2D eigenvalue weighted by Gasteiger charge is 2.46. The number of likely N-dealkylation sites (tertiary alicyclic amines) is 1. The Morgan fingerprint density at radius 3 is 2.38 bits per heavy atom. The van der Waals surface area contributed by atoms with E-state index in [1.54, 1.807) is 55.1 Å². The van der Waals surface area contributed by atoms with Crippen LogP contribution < -0.4 is 0 Å². The summed E-state index contributed by atoms with van der Waals surface area (Å²) in [5.41, 5.74) is 3.10. The average molecular weight is 385 g/mol. The van der Waals surface area contributed by atoms with Crippen LogP contribution in [0, 0.1) is 6.92 Å². The van der Waals surface area contributed by atoms with E-state index in [-0.39, 0.29) is 17.9 Å². The summed E-state index contributed by atoms with van der Waals surface area (Å²) in [6.45, 7) is 2.14. The van der Waals surface area contributed by atoms with Gasteiger partial charge in [-0.1, -0.05) is 35.9 Å². The highest BCUT2D eigenvalue weighted by molar-refractivity contribution is 6.46. The van der Waals surface area contributed by atoms with E-state index in [0.717, 1.165) is 11.1 Å². The Morgan fingerprint density at radius 2 is 1.72 bits per heavy atom. The molecular formula is C23H19N3O3. The van der Waals surface area contributed by atoms with Crippen molar-refractivity contribution in [2.75, 3.05) is 0 Å². The van der Waals surface area contributed by atoms with Gasteiger partial charge in [-0.2, -0.15) is 0 Å². The summed E-state index contributed by atoms with van der Waals surface area (Å²) in [5, 5.41) is 11.0. The fourth-order valence-corrected chi connectivity index (χ4v) is 3.49. The molecule has 6 nitrogen and oxygen atoms in total. The SMILES string of the molecule is Cc1ccc(/C(O)=C2\C(=O)C(=O)N(Cc3cccnc3)[C@@H]2c2ccncc2)cc1. The first-order valence-corrected chi connectivity index (χ1v) is 9.20. The first kappa shape index (κ1) is 18.6. The van der Waals surface area contributed by atoms with Crippen LogP contribution in [-0.4, -0.2) is 31.7 Å². The fourth-order valence-electron chi connectivity index (χ4n) is 3.49. The molecule has 1 aromatic carbocycles. The number of aryl methyl sites for hydroxylation is 1. The fraction of sp³-hybridized carbons (Fsp3) is 0.130. The van der Waals surface area contributed by atoms with E-state index in [9.17, 15) is 14.7 Å². The van der Waals surface area contributed by atoms with Crippen LogP contribution in [-0.2, 0) is 16.1 Å². The molecule has 0 spiro atoms. The van der Waals surface area contributed by atoms with Crippen LogP contribution in [0.4, 0.5) is 0 Å². The van der Waals surface area contributed by atoms with Gasteiger partial charge in [-0.25, -0.2) is 0 Å². The molecule has 1 N–H and O–H groups in total. The third-order valence-corrected chi connectivity index (χ3v) is 4.96. The van der Waals surface area contributed by atoms with Crippen LogP contribution in [0.1, 0.15) is 28.3 Å². The number of hydrogen-bond donors (Lipinski definition) is 1. The predicted octanol–water partition coefficient (Wildman–Crippen LogP) is 3.41. The molecule has 0 aliphatic carbocycles. The molecule has 144 valence electrons. The lowest BCUT2D eigenvalue weighted by Gasteiger charge is -2.25. The van der Waals surface area contributed by atoms with Crippen molar-refractivity contribution in [2.24, 2.45) is 0 Å². The highest BCUT2D eigenvalue weighted by Crippen LogP contribution is 2.40. The van der Waals surface area contributed by atoms with Crippen molar-refractivity contribution >= 4 is 17.4 Å². The predicted molar refractivity (Wildman–Crippen MR) is 107 cm³/mol. The Balaban J connectivity index is 1.85. The molecular weight excluding hydrogens is 366 g/mol. The van der Waals surface area contributed by atoms with E-state index in [0.29, 0.717) is 11.1 Å². The zero-order chi connectivity index (χ0) is 20.4. The maximum atomic E-state index is 12.9. The van der Waals surface area contributed by atoms with Gasteiger partial charge in [0.1, 0.15) is 5.76 Å². The lowest BCUT2D eigenvalue weighted by atomic mass is 9.95. The number of aliphatic hydroxyl groups excluding tert-OH is 1. The van der Waals surface area contributed by atoms with Crippen LogP contribution >= 0.6 is 0 Å². The van der Waals surface area contributed by atoms with Crippen LogP contribution in [0.2, 0.25) is 0 Å². The first-order valence-electron chi connectivity index (χ1n) is 9.20. The Labute approximate surface area is 168 Å². The molecule has 1 saturated heterocycles. The minimum atomic E-state index is -0.709. The molecule has 2 aromatic heterocycles. The smallest absolute Gasteiger partial charge is 0.295 e. The van der Waals surface area contributed by atoms with Gasteiger partial charge < -0.3 is 10.0 Å². The van der Waals surface area contributed by atoms with Crippen molar-refractivity contribution in [3.05, 3.63) is 101 Å². The molecule has 6 heteroatoms. The minimum Gasteiger partial charge on any atom is -0.507 e. The second-order valence-corrected chi connectivity index (χ2v) is 6.93. The Bertz CT molecular complexity index is 1080. The Kier molecular flexibility index (Phi) is 4.91. The topological polar surface area (TPSA) is 83.4 Å². The number of aromatic nitrogens is 2. The molecule has 1 aliphatic heterocycles. The number of carbonyl (C=O) groups is 2. The van der Waals surface area contributed by atoms with E-state index in [4.69, 9.17) is 0 Å². The molecule has 0 unspecified atom stereocenters. The zero-order valence-electron chi connectivity index (χ0n) is 15.8. The molecule has 0 saturated carbocycles. The van der Waals surface area contributed by atoms with Gasteiger partial charge in [0, 0.05) is 36.9 Å². The number of carbonyl (C=O) groups excluding carboxylic acids is 2. The number of ketones is 1. The number of amides is 1. The van der Waals surface area contributed by atoms with Crippen LogP contribution in [0.15, 0.2) is 78.9 Å². The van der Waals surface area contributed by atoms with Crippen molar-refractivity contribution in [3.63, 3.8) is 0 Å². The largest absolute Gasteiger partial charge is 0.507 e. The van der Waals surface area contributed by atoms with E-state index in [2.05, 4.69) is 9.97 Å². The average Bonchev–Trinajstić information content (AvgIpc) is 3.00. The molecule has 1 aliphatic rings. The van der Waals surface area contributed by atoms with Gasteiger partial charge in [0.15, 0.2) is 0 Å². The quantitative estimate of drug-likeness (QED) is 0.423. The van der Waals surface area contributed by atoms with Gasteiger partial charge >= 0.3 is 0 Å². The highest BCUT2D eigenvalue weighted by atomic mass is 16.3. The summed E-state index contributed by atoms with van der Waals surface area (Å²) in [6.07, 6.45) is 6.51. The van der Waals surface area contributed by atoms with Crippen molar-refractivity contribution in [1.29, 1.82) is 0 Å². The number of hydrogen-bond acceptors (Lipinski definition) is 5. The molecule has 1 fully saturated rings. The van der Waals surface area contributed by atoms with Gasteiger partial charge in [0.2, 0.25) is 0 Å². The maximum absolute atomic E-state index is 12.9. The molecule has 3 aromatic rings. The minimum absolute atomic E-state index is 0.0777. The summed E-state index contributed by atoms with van der Waals surface area (Å²) >= 11 is 0. The van der Waals surface area contributed by atoms with E-state index < -0.39 is 17.7 Å². The molecule has 29 heavy (non-hydrogen) atoms. The van der Waals surface area contributed by atoms with Gasteiger partial charge in [0.25, 0.3) is 11.7 Å². The first-order chi connectivity index (χ1) is 14.1. The number of benzene rings is 1. The summed E-state index contributed by atoms with van der Waals surface area (Å²) in [7, 11) is 0. The number of Topliss-reactive ketones (excluding diaryl/α,β-unsaturated/α-hetero) is 1. The molecule has 1 atom stereocenters. The van der Waals surface area contributed by atoms with Gasteiger partial charge in [0.05, 0.1) is 11.6 Å². The van der Waals surface area contributed by atoms with Crippen molar-refractivity contribution in [3.8, 4) is 0 Å². The number of aliphatic hydroxyl groups is 1. The number of pyridine rings is 2. The van der Waals surface area contributed by atoms with Gasteiger partial charge in [-0.3, -0.25) is 19.6 Å². The maximum Gasteiger partial charge on any atom is 0.295 e. The standard InChI is InChI=1S/C23H19N3O3/c1-15-4-6-18(7-5-15)21(27)19-20(17-8-11-24-12-9-17)26(23(29)22(19)28)14-16-3-2-10-25-13-16/h2-13,20,27H,14H2,1H3/b21-19+/t20-/m1/s1. The summed E-state index contributed by atoms with van der Waals surface area (Å²) in [6, 6.07) is 13.6. The number of nitrogens with zero attached hydrogens (tertiary/aromatic N) is 3. The van der Waals surface area contributed by atoms with E-state index in [1.165, 1.54) is 4.90 Å². The lowest BCUT2D eigenvalue weighted by molar-refractivity contribution is -0.140. The van der Waals surface area contributed by atoms with Crippen LogP contribution in [0.25, 0.3) is 5.76 Å². The summed E-state index contributed by atoms with van der Waals surface area (Å²) in [4.78, 5) is 35.4. The van der Waals surface area contributed by atoms with Gasteiger partial charge in [-0.05, 0) is 36.2 Å².